The fraction of sp³-hybridized carbons (Fsp3) is 0.529. The van der Waals surface area contributed by atoms with Gasteiger partial charge in [0.1, 0.15) is 0 Å². The van der Waals surface area contributed by atoms with Crippen molar-refractivity contribution in [3.63, 3.8) is 0 Å². The van der Waals surface area contributed by atoms with E-state index in [-0.39, 0.29) is 16.3 Å². The minimum atomic E-state index is -3.74. The first-order valence-corrected chi connectivity index (χ1v) is 10.2. The lowest BCUT2D eigenvalue weighted by molar-refractivity contribution is 0.268. The molecule has 1 aromatic heterocycles. The number of benzene rings is 1. The summed E-state index contributed by atoms with van der Waals surface area (Å²) >= 11 is 0. The van der Waals surface area contributed by atoms with E-state index in [9.17, 15) is 18.0 Å². The van der Waals surface area contributed by atoms with Gasteiger partial charge in [0, 0.05) is 26.7 Å². The number of likely N-dealkylation sites (N-methyl/N-ethyl adjacent to an activating group) is 1. The fourth-order valence-electron chi connectivity index (χ4n) is 3.57. The van der Waals surface area contributed by atoms with Crippen LogP contribution in [0.5, 0.6) is 0 Å². The minimum absolute atomic E-state index is 0.0294. The summed E-state index contributed by atoms with van der Waals surface area (Å²) in [7, 11) is -0.806. The van der Waals surface area contributed by atoms with Crippen molar-refractivity contribution in [2.75, 3.05) is 19.6 Å². The zero-order valence-corrected chi connectivity index (χ0v) is 16.0. The first-order chi connectivity index (χ1) is 12.3. The summed E-state index contributed by atoms with van der Waals surface area (Å²) in [5, 5.41) is 0.202. The predicted molar refractivity (Wildman–Crippen MR) is 99.9 cm³/mol. The van der Waals surface area contributed by atoms with Crippen LogP contribution in [0.4, 0.5) is 0 Å². The van der Waals surface area contributed by atoms with E-state index in [1.54, 1.807) is 7.05 Å². The highest BCUT2D eigenvalue weighted by molar-refractivity contribution is 7.89. The van der Waals surface area contributed by atoms with Gasteiger partial charge in [0.05, 0.1) is 15.8 Å². The first-order valence-electron chi connectivity index (χ1n) is 8.69. The van der Waals surface area contributed by atoms with Crippen molar-refractivity contribution in [1.29, 1.82) is 0 Å². The van der Waals surface area contributed by atoms with Crippen molar-refractivity contribution >= 4 is 20.9 Å². The summed E-state index contributed by atoms with van der Waals surface area (Å²) in [6, 6.07) is 4.46. The largest absolute Gasteiger partial charge is 0.330 e. The second kappa shape index (κ2) is 6.98. The third-order valence-electron chi connectivity index (χ3n) is 5.16. The van der Waals surface area contributed by atoms with Crippen LogP contribution in [0.15, 0.2) is 32.7 Å². The third kappa shape index (κ3) is 3.22. The van der Waals surface area contributed by atoms with Gasteiger partial charge in [-0.2, -0.15) is 0 Å². The third-order valence-corrected chi connectivity index (χ3v) is 6.58. The summed E-state index contributed by atoms with van der Waals surface area (Å²) in [6.45, 7) is 4.30. The molecular formula is C17H24N4O4S. The van der Waals surface area contributed by atoms with Gasteiger partial charge in [-0.3, -0.25) is 18.8 Å². The Morgan fingerprint density at radius 2 is 1.92 bits per heavy atom. The number of likely N-dealkylation sites (tertiary alicyclic amines) is 1. The summed E-state index contributed by atoms with van der Waals surface area (Å²) in [5.74, 6) is 0. The Bertz CT molecular complexity index is 1050. The number of sulfonamides is 1. The van der Waals surface area contributed by atoms with Crippen molar-refractivity contribution in [1.82, 2.24) is 18.8 Å². The number of hydrogen-bond donors (Lipinski definition) is 1. The van der Waals surface area contributed by atoms with Gasteiger partial charge >= 0.3 is 5.69 Å². The lowest BCUT2D eigenvalue weighted by Gasteiger charge is -2.22. The van der Waals surface area contributed by atoms with E-state index < -0.39 is 21.3 Å². The SMILES string of the molecule is CCN1CCC[C@@H]1CNS(=O)(=O)c1ccc2c(c1)c(=O)n(C)c(=O)n2C. The first kappa shape index (κ1) is 18.8. The van der Waals surface area contributed by atoms with E-state index >= 15 is 0 Å². The van der Waals surface area contributed by atoms with Crippen molar-refractivity contribution in [2.45, 2.75) is 30.7 Å². The average Bonchev–Trinajstić information content (AvgIpc) is 3.10. The molecule has 142 valence electrons. The van der Waals surface area contributed by atoms with Crippen LogP contribution in [0.25, 0.3) is 10.9 Å². The second-order valence-corrected chi connectivity index (χ2v) is 8.43. The number of aryl methyl sites for hydroxylation is 1. The molecule has 1 fully saturated rings. The Morgan fingerprint density at radius 3 is 2.62 bits per heavy atom. The van der Waals surface area contributed by atoms with Crippen LogP contribution in [0.1, 0.15) is 19.8 Å². The van der Waals surface area contributed by atoms with Crippen LogP contribution in [-0.2, 0) is 24.1 Å². The molecule has 1 aliphatic heterocycles. The van der Waals surface area contributed by atoms with E-state index in [1.807, 2.05) is 0 Å². The number of rotatable bonds is 5. The van der Waals surface area contributed by atoms with Crippen LogP contribution in [-0.4, -0.2) is 48.1 Å². The van der Waals surface area contributed by atoms with Gasteiger partial charge in [-0.05, 0) is 44.1 Å². The van der Waals surface area contributed by atoms with Crippen molar-refractivity contribution < 1.29 is 8.42 Å². The van der Waals surface area contributed by atoms with Crippen LogP contribution in [0, 0.1) is 0 Å². The second-order valence-electron chi connectivity index (χ2n) is 6.66. The molecule has 0 unspecified atom stereocenters. The fourth-order valence-corrected chi connectivity index (χ4v) is 4.67. The van der Waals surface area contributed by atoms with Crippen LogP contribution >= 0.6 is 0 Å². The van der Waals surface area contributed by atoms with Gasteiger partial charge in [0.15, 0.2) is 0 Å². The highest BCUT2D eigenvalue weighted by Gasteiger charge is 2.25. The average molecular weight is 380 g/mol. The highest BCUT2D eigenvalue weighted by atomic mass is 32.2. The molecule has 0 amide bonds. The van der Waals surface area contributed by atoms with Crippen LogP contribution in [0.2, 0.25) is 0 Å². The van der Waals surface area contributed by atoms with Gasteiger partial charge < -0.3 is 0 Å². The van der Waals surface area contributed by atoms with Crippen LogP contribution < -0.4 is 16.0 Å². The number of hydrogen-bond acceptors (Lipinski definition) is 5. The summed E-state index contributed by atoms with van der Waals surface area (Å²) in [6.07, 6.45) is 2.04. The lowest BCUT2D eigenvalue weighted by Crippen LogP contribution is -2.40. The topological polar surface area (TPSA) is 93.4 Å². The molecule has 8 nitrogen and oxygen atoms in total. The van der Waals surface area contributed by atoms with E-state index in [4.69, 9.17) is 0 Å². The van der Waals surface area contributed by atoms with E-state index in [0.717, 1.165) is 30.5 Å². The molecule has 2 aromatic rings. The zero-order valence-electron chi connectivity index (χ0n) is 15.2. The van der Waals surface area contributed by atoms with E-state index in [1.165, 1.54) is 29.8 Å². The Hall–Kier alpha value is -1.97. The van der Waals surface area contributed by atoms with Crippen LogP contribution in [0.3, 0.4) is 0 Å². The minimum Gasteiger partial charge on any atom is -0.299 e. The van der Waals surface area contributed by atoms with Gasteiger partial charge in [-0.25, -0.2) is 17.9 Å². The molecule has 0 radical (unpaired) electrons. The molecule has 1 aromatic carbocycles. The van der Waals surface area contributed by atoms with Gasteiger partial charge in [0.25, 0.3) is 5.56 Å². The molecule has 1 atom stereocenters. The summed E-state index contributed by atoms with van der Waals surface area (Å²) in [4.78, 5) is 26.6. The molecule has 9 heteroatoms. The normalized spacial score (nSPS) is 18.7. The number of fused-ring (bicyclic) bond motifs is 1. The maximum Gasteiger partial charge on any atom is 0.330 e. The molecule has 1 saturated heterocycles. The van der Waals surface area contributed by atoms with Gasteiger partial charge in [-0.1, -0.05) is 6.92 Å². The molecular weight excluding hydrogens is 356 g/mol. The standard InChI is InChI=1S/C17H24N4O4S/c1-4-21-9-5-6-12(21)11-18-26(24,25)13-7-8-15-14(10-13)16(22)20(3)17(23)19(15)2/h7-8,10,12,18H,4-6,9,11H2,1-3H3/t12-/m1/s1. The molecule has 0 aliphatic carbocycles. The smallest absolute Gasteiger partial charge is 0.299 e. The van der Waals surface area contributed by atoms with Crippen molar-refractivity contribution in [2.24, 2.45) is 14.1 Å². The number of aromatic nitrogens is 2. The quantitative estimate of drug-likeness (QED) is 0.788. The monoisotopic (exact) mass is 380 g/mol. The molecule has 1 aliphatic rings. The number of nitrogens with one attached hydrogen (secondary N) is 1. The van der Waals surface area contributed by atoms with Gasteiger partial charge in [0.2, 0.25) is 10.0 Å². The van der Waals surface area contributed by atoms with Gasteiger partial charge in [-0.15, -0.1) is 0 Å². The highest BCUT2D eigenvalue weighted by Crippen LogP contribution is 2.18. The van der Waals surface area contributed by atoms with E-state index in [2.05, 4.69) is 16.5 Å². The predicted octanol–water partition coefficient (Wildman–Crippen LogP) is -0.000200. The molecule has 1 N–H and O–H groups in total. The maximum atomic E-state index is 12.7. The Balaban J connectivity index is 1.94. The molecule has 2 heterocycles. The Kier molecular flexibility index (Phi) is 5.05. The Labute approximate surface area is 152 Å². The van der Waals surface area contributed by atoms with E-state index in [0.29, 0.717) is 12.1 Å². The number of nitrogens with zero attached hydrogens (tertiary/aromatic N) is 3. The summed E-state index contributed by atoms with van der Waals surface area (Å²) in [5.41, 5.74) is -0.546. The van der Waals surface area contributed by atoms with Crippen molar-refractivity contribution in [3.8, 4) is 0 Å². The lowest BCUT2D eigenvalue weighted by atomic mass is 10.2. The molecule has 3 rings (SSSR count). The molecule has 0 saturated carbocycles. The maximum absolute atomic E-state index is 12.7. The summed E-state index contributed by atoms with van der Waals surface area (Å²) < 4.78 is 30.3. The molecule has 0 spiro atoms. The molecule has 0 bridgehead atoms. The Morgan fingerprint density at radius 1 is 1.19 bits per heavy atom. The zero-order chi connectivity index (χ0) is 19.1. The van der Waals surface area contributed by atoms with Crippen molar-refractivity contribution in [3.05, 3.63) is 39.0 Å². The molecule has 26 heavy (non-hydrogen) atoms.